The predicted molar refractivity (Wildman–Crippen MR) is 60.9 cm³/mol. The number of rotatable bonds is 3. The van der Waals surface area contributed by atoms with Crippen molar-refractivity contribution >= 4 is 23.4 Å². The first kappa shape index (κ1) is 13.7. The van der Waals surface area contributed by atoms with Crippen LogP contribution in [0, 0.1) is 11.6 Å². The minimum atomic E-state index is -1.38. The molecule has 20 heavy (non-hydrogen) atoms. The molecule has 0 fully saturated rings. The van der Waals surface area contributed by atoms with E-state index >= 15 is 0 Å². The van der Waals surface area contributed by atoms with E-state index in [4.69, 9.17) is 5.11 Å². The zero-order chi connectivity index (χ0) is 15.0. The summed E-state index contributed by atoms with van der Waals surface area (Å²) in [6.07, 6.45) is 0. The SMILES string of the molecule is O=C(O)CNC(=O)C1=C(O)c2c(F)ccc(F)c2C1=O. The molecule has 0 aromatic heterocycles. The molecule has 0 saturated carbocycles. The summed E-state index contributed by atoms with van der Waals surface area (Å²) >= 11 is 0. The van der Waals surface area contributed by atoms with E-state index in [-0.39, 0.29) is 0 Å². The van der Waals surface area contributed by atoms with E-state index in [0.717, 1.165) is 0 Å². The van der Waals surface area contributed by atoms with Crippen LogP contribution in [0.1, 0.15) is 15.9 Å². The van der Waals surface area contributed by atoms with Gasteiger partial charge in [0.1, 0.15) is 29.5 Å². The van der Waals surface area contributed by atoms with Gasteiger partial charge in [-0.05, 0) is 12.1 Å². The number of ketones is 1. The molecule has 0 radical (unpaired) electrons. The maximum absolute atomic E-state index is 13.5. The molecule has 1 aromatic rings. The highest BCUT2D eigenvalue weighted by molar-refractivity contribution is 6.34. The van der Waals surface area contributed by atoms with Gasteiger partial charge in [0.2, 0.25) is 5.78 Å². The first-order valence-corrected chi connectivity index (χ1v) is 5.31. The van der Waals surface area contributed by atoms with Crippen molar-refractivity contribution in [1.29, 1.82) is 0 Å². The van der Waals surface area contributed by atoms with Crippen LogP contribution in [-0.4, -0.2) is 34.4 Å². The van der Waals surface area contributed by atoms with Gasteiger partial charge in [-0.25, -0.2) is 8.78 Å². The Labute approximate surface area is 110 Å². The molecule has 0 atom stereocenters. The van der Waals surface area contributed by atoms with Crippen LogP contribution in [0.2, 0.25) is 0 Å². The Morgan fingerprint density at radius 3 is 2.20 bits per heavy atom. The van der Waals surface area contributed by atoms with Gasteiger partial charge >= 0.3 is 5.97 Å². The number of carboxylic acids is 1. The lowest BCUT2D eigenvalue weighted by molar-refractivity contribution is -0.137. The molecule has 3 N–H and O–H groups in total. The minimum Gasteiger partial charge on any atom is -0.506 e. The highest BCUT2D eigenvalue weighted by Crippen LogP contribution is 2.34. The molecule has 0 aliphatic heterocycles. The third kappa shape index (κ3) is 2.00. The Hall–Kier alpha value is -2.77. The topological polar surface area (TPSA) is 104 Å². The highest BCUT2D eigenvalue weighted by atomic mass is 19.1. The molecule has 6 nitrogen and oxygen atoms in total. The van der Waals surface area contributed by atoms with Crippen LogP contribution in [0.25, 0.3) is 5.76 Å². The number of halogens is 2. The summed E-state index contributed by atoms with van der Waals surface area (Å²) < 4.78 is 27.0. The number of amides is 1. The van der Waals surface area contributed by atoms with Crippen molar-refractivity contribution < 1.29 is 33.4 Å². The fourth-order valence-electron chi connectivity index (χ4n) is 1.82. The average molecular weight is 283 g/mol. The fraction of sp³-hybridized carbons (Fsp3) is 0.0833. The smallest absolute Gasteiger partial charge is 0.322 e. The number of carbonyl (C=O) groups excluding carboxylic acids is 2. The second-order valence-electron chi connectivity index (χ2n) is 3.91. The first-order chi connectivity index (χ1) is 9.34. The van der Waals surface area contributed by atoms with Crippen molar-refractivity contribution in [2.24, 2.45) is 0 Å². The molecule has 8 heteroatoms. The number of aliphatic carboxylic acids is 1. The molecular formula is C12H7F2NO5. The summed E-state index contributed by atoms with van der Waals surface area (Å²) in [5, 5.41) is 19.9. The van der Waals surface area contributed by atoms with Gasteiger partial charge in [0.25, 0.3) is 5.91 Å². The number of hydrogen-bond donors (Lipinski definition) is 3. The molecule has 2 rings (SSSR count). The van der Waals surface area contributed by atoms with Crippen molar-refractivity contribution in [1.82, 2.24) is 5.32 Å². The quantitative estimate of drug-likeness (QED) is 0.706. The van der Waals surface area contributed by atoms with Gasteiger partial charge in [-0.1, -0.05) is 0 Å². The van der Waals surface area contributed by atoms with Gasteiger partial charge in [-0.3, -0.25) is 14.4 Å². The average Bonchev–Trinajstić information content (AvgIpc) is 2.64. The molecule has 104 valence electrons. The van der Waals surface area contributed by atoms with Gasteiger partial charge in [-0.2, -0.15) is 0 Å². The molecule has 0 heterocycles. The fourth-order valence-corrected chi connectivity index (χ4v) is 1.82. The monoisotopic (exact) mass is 283 g/mol. The Morgan fingerprint density at radius 1 is 1.15 bits per heavy atom. The van der Waals surface area contributed by atoms with Crippen molar-refractivity contribution in [3.8, 4) is 0 Å². The van der Waals surface area contributed by atoms with Crippen LogP contribution in [0.5, 0.6) is 0 Å². The van der Waals surface area contributed by atoms with Crippen LogP contribution >= 0.6 is 0 Å². The summed E-state index contributed by atoms with van der Waals surface area (Å²) in [5.41, 5.74) is -2.33. The van der Waals surface area contributed by atoms with Crippen LogP contribution in [0.15, 0.2) is 17.7 Å². The number of nitrogens with one attached hydrogen (secondary N) is 1. The minimum absolute atomic E-state index is 0.692. The van der Waals surface area contributed by atoms with E-state index in [0.29, 0.717) is 12.1 Å². The van der Waals surface area contributed by atoms with E-state index in [1.165, 1.54) is 0 Å². The lowest BCUT2D eigenvalue weighted by Gasteiger charge is -2.02. The second kappa shape index (κ2) is 4.72. The zero-order valence-electron chi connectivity index (χ0n) is 9.74. The molecule has 1 amide bonds. The normalized spacial score (nSPS) is 13.4. The van der Waals surface area contributed by atoms with Gasteiger partial charge in [0, 0.05) is 0 Å². The number of hydrogen-bond acceptors (Lipinski definition) is 4. The Bertz CT molecular complexity index is 681. The summed E-state index contributed by atoms with van der Waals surface area (Å²) in [6.45, 7) is -0.801. The first-order valence-electron chi connectivity index (χ1n) is 5.31. The third-order valence-corrected chi connectivity index (χ3v) is 2.66. The van der Waals surface area contributed by atoms with Crippen LogP contribution in [0.4, 0.5) is 8.78 Å². The van der Waals surface area contributed by atoms with Crippen LogP contribution < -0.4 is 5.32 Å². The van der Waals surface area contributed by atoms with E-state index in [1.54, 1.807) is 0 Å². The van der Waals surface area contributed by atoms with Crippen molar-refractivity contribution in [3.63, 3.8) is 0 Å². The van der Waals surface area contributed by atoms with Gasteiger partial charge in [-0.15, -0.1) is 0 Å². The van der Waals surface area contributed by atoms with E-state index in [9.17, 15) is 28.3 Å². The highest BCUT2D eigenvalue weighted by Gasteiger charge is 2.38. The molecular weight excluding hydrogens is 276 g/mol. The van der Waals surface area contributed by atoms with E-state index in [2.05, 4.69) is 0 Å². The van der Waals surface area contributed by atoms with E-state index in [1.807, 2.05) is 5.32 Å². The van der Waals surface area contributed by atoms with Crippen molar-refractivity contribution in [2.75, 3.05) is 6.54 Å². The Morgan fingerprint density at radius 2 is 1.70 bits per heavy atom. The van der Waals surface area contributed by atoms with E-state index < -0.39 is 58.3 Å². The molecule has 0 bridgehead atoms. The largest absolute Gasteiger partial charge is 0.506 e. The van der Waals surface area contributed by atoms with Gasteiger partial charge < -0.3 is 15.5 Å². The number of aliphatic hydroxyl groups excluding tert-OH is 1. The van der Waals surface area contributed by atoms with Gasteiger partial charge in [0.05, 0.1) is 11.1 Å². The second-order valence-corrected chi connectivity index (χ2v) is 3.91. The third-order valence-electron chi connectivity index (χ3n) is 2.66. The Kier molecular flexibility index (Phi) is 3.23. The molecule has 1 aliphatic rings. The Balaban J connectivity index is 2.45. The zero-order valence-corrected chi connectivity index (χ0v) is 9.74. The molecule has 0 saturated heterocycles. The number of fused-ring (bicyclic) bond motifs is 1. The molecule has 1 aliphatic carbocycles. The number of benzene rings is 1. The molecule has 0 spiro atoms. The number of Topliss-reactive ketones (excluding diaryl/α,β-unsaturated/α-hetero) is 1. The number of carbonyl (C=O) groups is 3. The maximum Gasteiger partial charge on any atom is 0.322 e. The molecule has 0 unspecified atom stereocenters. The predicted octanol–water partition coefficient (Wildman–Crippen LogP) is 0.631. The van der Waals surface area contributed by atoms with Crippen LogP contribution in [0.3, 0.4) is 0 Å². The summed E-state index contributed by atoms with van der Waals surface area (Å²) in [5.74, 6) is -6.95. The van der Waals surface area contributed by atoms with Crippen molar-refractivity contribution in [2.45, 2.75) is 0 Å². The molecule has 1 aromatic carbocycles. The lowest BCUT2D eigenvalue weighted by Crippen LogP contribution is -2.32. The van der Waals surface area contributed by atoms with Crippen LogP contribution in [-0.2, 0) is 9.59 Å². The summed E-state index contributed by atoms with van der Waals surface area (Å²) in [7, 11) is 0. The maximum atomic E-state index is 13.5. The number of carboxylic acid groups (broad SMARTS) is 1. The number of aliphatic hydroxyl groups is 1. The summed E-state index contributed by atoms with van der Waals surface area (Å²) in [4.78, 5) is 33.7. The summed E-state index contributed by atoms with van der Waals surface area (Å²) in [6, 6.07) is 1.40. The van der Waals surface area contributed by atoms with Gasteiger partial charge in [0.15, 0.2) is 0 Å². The standard InChI is InChI=1S/C12H7F2NO5/c13-4-1-2-5(14)8-7(4)10(18)9(11(8)19)12(20)15-3-6(16)17/h1-2,18H,3H2,(H,15,20)(H,16,17). The lowest BCUT2D eigenvalue weighted by atomic mass is 10.1. The van der Waals surface area contributed by atoms with Crippen molar-refractivity contribution in [3.05, 3.63) is 40.5 Å².